The summed E-state index contributed by atoms with van der Waals surface area (Å²) in [5.74, 6) is -0.937. The maximum Gasteiger partial charge on any atom is 0.329 e. The van der Waals surface area contributed by atoms with E-state index in [0.717, 1.165) is 10.9 Å². The summed E-state index contributed by atoms with van der Waals surface area (Å²) in [4.78, 5) is 11.6. The Balaban J connectivity index is 2.25. The predicted octanol–water partition coefficient (Wildman–Crippen LogP) is 3.39. The van der Waals surface area contributed by atoms with Crippen LogP contribution >= 0.6 is 27.5 Å². The van der Waals surface area contributed by atoms with Crippen LogP contribution in [0.1, 0.15) is 13.3 Å². The second kappa shape index (κ2) is 5.69. The van der Waals surface area contributed by atoms with E-state index in [0.29, 0.717) is 23.9 Å². The topological polar surface area (TPSA) is 58.6 Å². The molecule has 0 bridgehead atoms. The highest BCUT2D eigenvalue weighted by Crippen LogP contribution is 2.32. The molecule has 1 aliphatic rings. The second-order valence-corrected chi connectivity index (χ2v) is 6.08. The number of carboxylic acid groups (broad SMARTS) is 1. The van der Waals surface area contributed by atoms with E-state index in [9.17, 15) is 9.90 Å². The van der Waals surface area contributed by atoms with Crippen molar-refractivity contribution in [2.45, 2.75) is 18.9 Å². The van der Waals surface area contributed by atoms with Crippen molar-refractivity contribution in [3.05, 3.63) is 27.7 Å². The molecule has 1 aromatic carbocycles. The SMILES string of the molecule is CC(Nc1ccc(Cl)c(Br)c1)(C(=O)O)C1CCOC1. The smallest absolute Gasteiger partial charge is 0.329 e. The van der Waals surface area contributed by atoms with Gasteiger partial charge in [-0.25, -0.2) is 4.79 Å². The van der Waals surface area contributed by atoms with E-state index in [2.05, 4.69) is 21.2 Å². The van der Waals surface area contributed by atoms with E-state index in [-0.39, 0.29) is 5.92 Å². The highest BCUT2D eigenvalue weighted by Gasteiger charge is 2.43. The van der Waals surface area contributed by atoms with Crippen LogP contribution in [0.15, 0.2) is 22.7 Å². The van der Waals surface area contributed by atoms with Gasteiger partial charge in [0.15, 0.2) is 0 Å². The van der Waals surface area contributed by atoms with Crippen LogP contribution in [0.25, 0.3) is 0 Å². The second-order valence-electron chi connectivity index (χ2n) is 4.82. The van der Waals surface area contributed by atoms with Crippen LogP contribution in [0.2, 0.25) is 5.02 Å². The first-order valence-corrected chi connectivity index (χ1v) is 7.15. The fraction of sp³-hybridized carbons (Fsp3) is 0.462. The summed E-state index contributed by atoms with van der Waals surface area (Å²) in [5.41, 5.74) is -0.336. The molecular formula is C13H15BrClNO3. The number of anilines is 1. The monoisotopic (exact) mass is 347 g/mol. The summed E-state index contributed by atoms with van der Waals surface area (Å²) in [6, 6.07) is 5.27. The highest BCUT2D eigenvalue weighted by atomic mass is 79.9. The van der Waals surface area contributed by atoms with Gasteiger partial charge < -0.3 is 15.2 Å². The van der Waals surface area contributed by atoms with Crippen LogP contribution in [0, 0.1) is 5.92 Å². The van der Waals surface area contributed by atoms with E-state index in [1.165, 1.54) is 0 Å². The Hall–Kier alpha value is -0.780. The molecular weight excluding hydrogens is 334 g/mol. The molecule has 0 aliphatic carbocycles. The lowest BCUT2D eigenvalue weighted by Crippen LogP contribution is -2.50. The summed E-state index contributed by atoms with van der Waals surface area (Å²) in [5, 5.41) is 13.2. The first-order valence-electron chi connectivity index (χ1n) is 5.98. The predicted molar refractivity (Wildman–Crippen MR) is 77.7 cm³/mol. The van der Waals surface area contributed by atoms with Crippen molar-refractivity contribution in [3.63, 3.8) is 0 Å². The molecule has 2 N–H and O–H groups in total. The van der Waals surface area contributed by atoms with Gasteiger partial charge in [0.1, 0.15) is 5.54 Å². The number of nitrogens with one attached hydrogen (secondary N) is 1. The van der Waals surface area contributed by atoms with E-state index in [4.69, 9.17) is 16.3 Å². The highest BCUT2D eigenvalue weighted by molar-refractivity contribution is 9.10. The zero-order valence-corrected chi connectivity index (χ0v) is 12.8. The molecule has 1 heterocycles. The van der Waals surface area contributed by atoms with Crippen LogP contribution in [0.3, 0.4) is 0 Å². The average molecular weight is 349 g/mol. The van der Waals surface area contributed by atoms with Gasteiger partial charge in [-0.15, -0.1) is 0 Å². The van der Waals surface area contributed by atoms with Crippen molar-refractivity contribution in [1.29, 1.82) is 0 Å². The molecule has 0 aromatic heterocycles. The lowest BCUT2D eigenvalue weighted by Gasteiger charge is -2.32. The van der Waals surface area contributed by atoms with Crippen LogP contribution in [0.5, 0.6) is 0 Å². The van der Waals surface area contributed by atoms with Crippen LogP contribution in [-0.4, -0.2) is 29.8 Å². The largest absolute Gasteiger partial charge is 0.480 e. The molecule has 0 radical (unpaired) electrons. The zero-order valence-electron chi connectivity index (χ0n) is 10.5. The Morgan fingerprint density at radius 1 is 1.63 bits per heavy atom. The summed E-state index contributed by atoms with van der Waals surface area (Å²) in [6.45, 7) is 2.77. The lowest BCUT2D eigenvalue weighted by molar-refractivity contribution is -0.143. The van der Waals surface area contributed by atoms with Crippen molar-refractivity contribution < 1.29 is 14.6 Å². The van der Waals surface area contributed by atoms with Crippen molar-refractivity contribution in [2.24, 2.45) is 5.92 Å². The van der Waals surface area contributed by atoms with Gasteiger partial charge in [0.05, 0.1) is 11.6 Å². The number of carboxylic acids is 1. The van der Waals surface area contributed by atoms with Crippen LogP contribution < -0.4 is 5.32 Å². The van der Waals surface area contributed by atoms with Gasteiger partial charge in [-0.05, 0) is 47.5 Å². The minimum atomic E-state index is -1.05. The minimum absolute atomic E-state index is 0.0561. The van der Waals surface area contributed by atoms with Crippen molar-refractivity contribution >= 4 is 39.2 Å². The Bertz CT molecular complexity index is 491. The molecule has 2 unspecified atom stereocenters. The van der Waals surface area contributed by atoms with Gasteiger partial charge in [0, 0.05) is 22.7 Å². The number of hydrogen-bond acceptors (Lipinski definition) is 3. The van der Waals surface area contributed by atoms with Gasteiger partial charge in [0.2, 0.25) is 0 Å². The lowest BCUT2D eigenvalue weighted by atomic mass is 9.84. The standard InChI is InChI=1S/C13H15BrClNO3/c1-13(12(17)18,8-4-5-19-7-8)16-9-2-3-11(15)10(14)6-9/h2-3,6,8,16H,4-5,7H2,1H3,(H,17,18). The molecule has 1 fully saturated rings. The summed E-state index contributed by atoms with van der Waals surface area (Å²) >= 11 is 9.26. The molecule has 4 nitrogen and oxygen atoms in total. The number of aliphatic carboxylic acids is 1. The van der Waals surface area contributed by atoms with Gasteiger partial charge in [-0.2, -0.15) is 0 Å². The van der Waals surface area contributed by atoms with Crippen molar-refractivity contribution in [2.75, 3.05) is 18.5 Å². The first kappa shape index (κ1) is 14.6. The zero-order chi connectivity index (χ0) is 14.0. The number of halogens is 2. The minimum Gasteiger partial charge on any atom is -0.480 e. The van der Waals surface area contributed by atoms with E-state index < -0.39 is 11.5 Å². The normalized spacial score (nSPS) is 21.9. The molecule has 1 aromatic rings. The molecule has 1 saturated heterocycles. The average Bonchev–Trinajstić information content (AvgIpc) is 2.87. The van der Waals surface area contributed by atoms with E-state index in [1.807, 2.05) is 0 Å². The third-order valence-electron chi connectivity index (χ3n) is 3.51. The molecule has 0 amide bonds. The number of rotatable bonds is 4. The molecule has 0 saturated carbocycles. The maximum absolute atomic E-state index is 11.6. The molecule has 1 aliphatic heterocycles. The molecule has 19 heavy (non-hydrogen) atoms. The molecule has 2 atom stereocenters. The summed E-state index contributed by atoms with van der Waals surface area (Å²) < 4.78 is 6.03. The number of ether oxygens (including phenoxy) is 1. The Morgan fingerprint density at radius 2 is 2.37 bits per heavy atom. The Kier molecular flexibility index (Phi) is 4.38. The van der Waals surface area contributed by atoms with Gasteiger partial charge in [-0.1, -0.05) is 11.6 Å². The molecule has 0 spiro atoms. The molecule has 104 valence electrons. The Morgan fingerprint density at radius 3 is 2.89 bits per heavy atom. The number of benzene rings is 1. The van der Waals surface area contributed by atoms with Gasteiger partial charge in [-0.3, -0.25) is 0 Å². The van der Waals surface area contributed by atoms with Crippen molar-refractivity contribution in [1.82, 2.24) is 0 Å². The summed E-state index contributed by atoms with van der Waals surface area (Å²) in [6.07, 6.45) is 0.741. The Labute approximate surface area is 125 Å². The van der Waals surface area contributed by atoms with Crippen LogP contribution in [-0.2, 0) is 9.53 Å². The van der Waals surface area contributed by atoms with E-state index >= 15 is 0 Å². The van der Waals surface area contributed by atoms with Gasteiger partial charge in [0.25, 0.3) is 0 Å². The third-order valence-corrected chi connectivity index (χ3v) is 4.73. The van der Waals surface area contributed by atoms with Crippen LogP contribution in [0.4, 0.5) is 5.69 Å². The number of hydrogen-bond donors (Lipinski definition) is 2. The molecule has 6 heteroatoms. The first-order chi connectivity index (χ1) is 8.93. The fourth-order valence-corrected chi connectivity index (χ4v) is 2.69. The summed E-state index contributed by atoms with van der Waals surface area (Å²) in [7, 11) is 0. The quantitative estimate of drug-likeness (QED) is 0.875. The van der Waals surface area contributed by atoms with Gasteiger partial charge >= 0.3 is 5.97 Å². The van der Waals surface area contributed by atoms with E-state index in [1.54, 1.807) is 25.1 Å². The van der Waals surface area contributed by atoms with Crippen molar-refractivity contribution in [3.8, 4) is 0 Å². The number of carbonyl (C=O) groups is 1. The molecule has 2 rings (SSSR count). The third kappa shape index (κ3) is 3.04. The maximum atomic E-state index is 11.6. The fourth-order valence-electron chi connectivity index (χ4n) is 2.19.